The van der Waals surface area contributed by atoms with E-state index in [-0.39, 0.29) is 5.88 Å². The summed E-state index contributed by atoms with van der Waals surface area (Å²) in [4.78, 5) is 0. The van der Waals surface area contributed by atoms with Crippen LogP contribution in [0.3, 0.4) is 0 Å². The summed E-state index contributed by atoms with van der Waals surface area (Å²) in [5.41, 5.74) is 2.88. The van der Waals surface area contributed by atoms with Gasteiger partial charge in [-0.05, 0) is 44.0 Å². The van der Waals surface area contributed by atoms with E-state index >= 15 is 0 Å². The first-order chi connectivity index (χ1) is 9.17. The van der Waals surface area contributed by atoms with Crippen molar-refractivity contribution in [1.82, 2.24) is 9.78 Å². The smallest absolute Gasteiger partial charge is 0.233 e. The minimum atomic E-state index is 0.113. The second-order valence-electron chi connectivity index (χ2n) is 4.61. The molecule has 0 atom stereocenters. The fourth-order valence-electron chi connectivity index (χ4n) is 2.09. The third-order valence-corrected chi connectivity index (χ3v) is 3.30. The van der Waals surface area contributed by atoms with Crippen LogP contribution < -0.4 is 4.74 Å². The molecular weight excluding hydrogens is 240 g/mol. The van der Waals surface area contributed by atoms with E-state index in [1.807, 2.05) is 35.9 Å². The van der Waals surface area contributed by atoms with Gasteiger partial charge in [0.15, 0.2) is 0 Å². The third-order valence-electron chi connectivity index (χ3n) is 3.30. The molecule has 0 bridgehead atoms. The second kappa shape index (κ2) is 5.78. The number of ether oxygens (including phenoxy) is 1. The lowest BCUT2D eigenvalue weighted by Gasteiger charge is -2.08. The molecule has 19 heavy (non-hydrogen) atoms. The molecule has 0 saturated carbocycles. The molecule has 0 aliphatic rings. The Hall–Kier alpha value is -1.97. The minimum Gasteiger partial charge on any atom is -0.497 e. The Morgan fingerprint density at radius 2 is 1.95 bits per heavy atom. The molecule has 102 valence electrons. The number of nitrogens with zero attached hydrogens (tertiary/aromatic N) is 2. The third kappa shape index (κ3) is 2.72. The number of hydrogen-bond donors (Lipinski definition) is 1. The maximum atomic E-state index is 9.83. The average molecular weight is 260 g/mol. The molecule has 0 spiro atoms. The van der Waals surface area contributed by atoms with Crippen molar-refractivity contribution >= 4 is 0 Å². The molecule has 0 unspecified atom stereocenters. The lowest BCUT2D eigenvalue weighted by atomic mass is 10.1. The van der Waals surface area contributed by atoms with Gasteiger partial charge in [-0.15, -0.1) is 5.10 Å². The molecule has 1 N–H and O–H groups in total. The number of benzene rings is 1. The first-order valence-electron chi connectivity index (χ1n) is 6.59. The highest BCUT2D eigenvalue weighted by Crippen LogP contribution is 2.25. The first kappa shape index (κ1) is 13.5. The van der Waals surface area contributed by atoms with Gasteiger partial charge in [0.05, 0.1) is 18.5 Å². The quantitative estimate of drug-likeness (QED) is 0.897. The summed E-state index contributed by atoms with van der Waals surface area (Å²) in [6.45, 7) is 4.07. The van der Waals surface area contributed by atoms with Gasteiger partial charge in [-0.25, -0.2) is 4.68 Å². The van der Waals surface area contributed by atoms with E-state index in [9.17, 15) is 5.11 Å². The zero-order chi connectivity index (χ0) is 13.8. The number of aromatic nitrogens is 2. The Kier molecular flexibility index (Phi) is 4.10. The van der Waals surface area contributed by atoms with Crippen LogP contribution in [0.2, 0.25) is 0 Å². The normalized spacial score (nSPS) is 10.7. The van der Waals surface area contributed by atoms with Crippen molar-refractivity contribution in [2.24, 2.45) is 0 Å². The monoisotopic (exact) mass is 260 g/mol. The lowest BCUT2D eigenvalue weighted by Crippen LogP contribution is -2.03. The van der Waals surface area contributed by atoms with E-state index in [4.69, 9.17) is 4.74 Å². The second-order valence-corrected chi connectivity index (χ2v) is 4.61. The summed E-state index contributed by atoms with van der Waals surface area (Å²) in [6, 6.07) is 7.68. The van der Waals surface area contributed by atoms with Gasteiger partial charge in [0.2, 0.25) is 5.88 Å². The van der Waals surface area contributed by atoms with Crippen LogP contribution in [0.1, 0.15) is 31.0 Å². The fraction of sp³-hybridized carbons (Fsp3) is 0.400. The van der Waals surface area contributed by atoms with E-state index in [2.05, 4.69) is 12.0 Å². The molecule has 0 fully saturated rings. The average Bonchev–Trinajstić information content (AvgIpc) is 2.73. The molecule has 4 heteroatoms. The summed E-state index contributed by atoms with van der Waals surface area (Å²) in [6.07, 6.45) is 3.12. The zero-order valence-corrected chi connectivity index (χ0v) is 11.7. The van der Waals surface area contributed by atoms with E-state index in [1.54, 1.807) is 7.11 Å². The molecule has 0 amide bonds. The van der Waals surface area contributed by atoms with Crippen LogP contribution in [0.4, 0.5) is 0 Å². The molecule has 4 nitrogen and oxygen atoms in total. The van der Waals surface area contributed by atoms with Gasteiger partial charge < -0.3 is 9.84 Å². The highest BCUT2D eigenvalue weighted by molar-refractivity contribution is 5.41. The van der Waals surface area contributed by atoms with Crippen molar-refractivity contribution in [1.29, 1.82) is 0 Å². The van der Waals surface area contributed by atoms with E-state index in [0.717, 1.165) is 42.0 Å². The Bertz CT molecular complexity index is 544. The summed E-state index contributed by atoms with van der Waals surface area (Å²) >= 11 is 0. The van der Waals surface area contributed by atoms with Gasteiger partial charge in [-0.3, -0.25) is 0 Å². The maximum absolute atomic E-state index is 9.83. The van der Waals surface area contributed by atoms with Crippen molar-refractivity contribution in [2.75, 3.05) is 7.11 Å². The molecule has 0 saturated heterocycles. The molecule has 0 aliphatic heterocycles. The standard InChI is InChI=1S/C15H20N2O2/c1-4-5-6-14-11(2)15(18)16-17(14)12-7-9-13(19-3)10-8-12/h7-10H,4-6H2,1-3H3,(H,16,18). The summed E-state index contributed by atoms with van der Waals surface area (Å²) < 4.78 is 6.97. The summed E-state index contributed by atoms with van der Waals surface area (Å²) in [7, 11) is 1.64. The SMILES string of the molecule is CCCCc1c(C)c(O)nn1-c1ccc(OC)cc1. The van der Waals surface area contributed by atoms with Crippen LogP contribution >= 0.6 is 0 Å². The van der Waals surface area contributed by atoms with Crippen molar-refractivity contribution in [2.45, 2.75) is 33.1 Å². The topological polar surface area (TPSA) is 47.3 Å². The maximum Gasteiger partial charge on any atom is 0.233 e. The van der Waals surface area contributed by atoms with Crippen LogP contribution in [-0.2, 0) is 6.42 Å². The Balaban J connectivity index is 2.39. The summed E-state index contributed by atoms with van der Waals surface area (Å²) in [5.74, 6) is 0.925. The number of aromatic hydroxyl groups is 1. The van der Waals surface area contributed by atoms with E-state index < -0.39 is 0 Å². The summed E-state index contributed by atoms with van der Waals surface area (Å²) in [5, 5.41) is 14.0. The Morgan fingerprint density at radius 1 is 1.26 bits per heavy atom. The van der Waals surface area contributed by atoms with E-state index in [1.165, 1.54) is 0 Å². The largest absolute Gasteiger partial charge is 0.497 e. The van der Waals surface area contributed by atoms with Crippen molar-refractivity contribution in [3.8, 4) is 17.3 Å². The molecule has 0 radical (unpaired) electrons. The Labute approximate surface area is 113 Å². The number of rotatable bonds is 5. The fourth-order valence-corrected chi connectivity index (χ4v) is 2.09. The van der Waals surface area contributed by atoms with Gasteiger partial charge in [-0.1, -0.05) is 13.3 Å². The predicted octanol–water partition coefficient (Wildman–Crippen LogP) is 3.24. The highest BCUT2D eigenvalue weighted by atomic mass is 16.5. The molecule has 1 aromatic heterocycles. The predicted molar refractivity (Wildman–Crippen MR) is 75.1 cm³/mol. The van der Waals surface area contributed by atoms with Gasteiger partial charge in [0, 0.05) is 5.56 Å². The molecule has 2 aromatic rings. The van der Waals surface area contributed by atoms with Crippen molar-refractivity contribution < 1.29 is 9.84 Å². The molecule has 0 aliphatic carbocycles. The van der Waals surface area contributed by atoms with Crippen LogP contribution in [-0.4, -0.2) is 22.0 Å². The number of hydrogen-bond acceptors (Lipinski definition) is 3. The first-order valence-corrected chi connectivity index (χ1v) is 6.59. The number of methoxy groups -OCH3 is 1. The van der Waals surface area contributed by atoms with Crippen LogP contribution in [0.25, 0.3) is 5.69 Å². The van der Waals surface area contributed by atoms with Crippen LogP contribution in [0.15, 0.2) is 24.3 Å². The van der Waals surface area contributed by atoms with Gasteiger partial charge >= 0.3 is 0 Å². The zero-order valence-electron chi connectivity index (χ0n) is 11.7. The molecule has 1 aromatic carbocycles. The highest BCUT2D eigenvalue weighted by Gasteiger charge is 2.14. The Morgan fingerprint density at radius 3 is 2.53 bits per heavy atom. The minimum absolute atomic E-state index is 0.113. The van der Waals surface area contributed by atoms with Gasteiger partial charge in [-0.2, -0.15) is 0 Å². The van der Waals surface area contributed by atoms with Gasteiger partial charge in [0.1, 0.15) is 5.75 Å². The van der Waals surface area contributed by atoms with Crippen LogP contribution in [0, 0.1) is 6.92 Å². The molecular formula is C15H20N2O2. The lowest BCUT2D eigenvalue weighted by molar-refractivity contribution is 0.414. The van der Waals surface area contributed by atoms with Crippen molar-refractivity contribution in [3.05, 3.63) is 35.5 Å². The van der Waals surface area contributed by atoms with Gasteiger partial charge in [0.25, 0.3) is 0 Å². The molecule has 2 rings (SSSR count). The van der Waals surface area contributed by atoms with Crippen LogP contribution in [0.5, 0.6) is 11.6 Å². The van der Waals surface area contributed by atoms with Crippen molar-refractivity contribution in [3.63, 3.8) is 0 Å². The number of unbranched alkanes of at least 4 members (excludes halogenated alkanes) is 1. The van der Waals surface area contributed by atoms with E-state index in [0.29, 0.717) is 0 Å². The molecule has 1 heterocycles.